The van der Waals surface area contributed by atoms with E-state index in [1.165, 1.54) is 11.3 Å². The summed E-state index contributed by atoms with van der Waals surface area (Å²) in [4.78, 5) is 4.35. The van der Waals surface area contributed by atoms with Gasteiger partial charge in [0.25, 0.3) is 0 Å². The van der Waals surface area contributed by atoms with E-state index in [1.54, 1.807) is 0 Å². The summed E-state index contributed by atoms with van der Waals surface area (Å²) in [5.41, 5.74) is 3.56. The molecule has 0 fully saturated rings. The minimum atomic E-state index is 0.547. The Hall–Kier alpha value is -1.31. The maximum Gasteiger partial charge on any atom is 0.136 e. The highest BCUT2D eigenvalue weighted by molar-refractivity contribution is 5.43. The van der Waals surface area contributed by atoms with E-state index >= 15 is 0 Å². The lowest BCUT2D eigenvalue weighted by Gasteiger charge is -2.05. The highest BCUT2D eigenvalue weighted by Gasteiger charge is 2.05. The molecule has 0 saturated carbocycles. The van der Waals surface area contributed by atoms with Gasteiger partial charge in [0, 0.05) is 18.1 Å². The molecule has 2 rings (SSSR count). The molecule has 2 heterocycles. The molecular formula is C11H14N2. The average Bonchev–Trinajstić information content (AvgIpc) is 2.46. The van der Waals surface area contributed by atoms with E-state index in [1.807, 2.05) is 6.20 Å². The van der Waals surface area contributed by atoms with E-state index in [-0.39, 0.29) is 0 Å². The largest absolute Gasteiger partial charge is 0.305 e. The van der Waals surface area contributed by atoms with E-state index in [0.29, 0.717) is 5.92 Å². The third kappa shape index (κ3) is 1.32. The number of hydrogen-bond acceptors (Lipinski definition) is 1. The first kappa shape index (κ1) is 8.30. The first-order chi connectivity index (χ1) is 6.18. The SMILES string of the molecule is Cc1cnc2ccc(C(C)C)n2c1. The van der Waals surface area contributed by atoms with Crippen LogP contribution in [0.5, 0.6) is 0 Å². The van der Waals surface area contributed by atoms with Crippen LogP contribution in [0, 0.1) is 6.92 Å². The van der Waals surface area contributed by atoms with E-state index in [9.17, 15) is 0 Å². The number of fused-ring (bicyclic) bond motifs is 1. The molecule has 0 radical (unpaired) electrons. The van der Waals surface area contributed by atoms with Crippen LogP contribution in [-0.2, 0) is 0 Å². The number of aryl methyl sites for hydroxylation is 1. The Morgan fingerprint density at radius 1 is 1.31 bits per heavy atom. The molecule has 0 aliphatic carbocycles. The van der Waals surface area contributed by atoms with Crippen LogP contribution in [0.2, 0.25) is 0 Å². The lowest BCUT2D eigenvalue weighted by molar-refractivity contribution is 0.804. The molecule has 0 amide bonds. The van der Waals surface area contributed by atoms with Gasteiger partial charge in [-0.25, -0.2) is 4.98 Å². The van der Waals surface area contributed by atoms with Crippen molar-refractivity contribution in [1.82, 2.24) is 9.38 Å². The van der Waals surface area contributed by atoms with Gasteiger partial charge in [0.05, 0.1) is 0 Å². The molecule has 0 bridgehead atoms. The summed E-state index contributed by atoms with van der Waals surface area (Å²) in [5, 5.41) is 0. The summed E-state index contributed by atoms with van der Waals surface area (Å²) in [6.07, 6.45) is 4.04. The van der Waals surface area contributed by atoms with Crippen molar-refractivity contribution in [1.29, 1.82) is 0 Å². The average molecular weight is 174 g/mol. The van der Waals surface area contributed by atoms with Gasteiger partial charge in [-0.05, 0) is 30.5 Å². The topological polar surface area (TPSA) is 17.3 Å². The van der Waals surface area contributed by atoms with E-state index in [2.05, 4.69) is 48.5 Å². The Balaban J connectivity index is 2.71. The third-order valence-corrected chi connectivity index (χ3v) is 2.25. The molecule has 2 nitrogen and oxygen atoms in total. The number of rotatable bonds is 1. The Morgan fingerprint density at radius 2 is 2.08 bits per heavy atom. The molecule has 0 saturated heterocycles. The van der Waals surface area contributed by atoms with Crippen LogP contribution in [0.1, 0.15) is 31.0 Å². The van der Waals surface area contributed by atoms with Crippen LogP contribution in [-0.4, -0.2) is 9.38 Å². The van der Waals surface area contributed by atoms with Crippen LogP contribution in [0.4, 0.5) is 0 Å². The van der Waals surface area contributed by atoms with Gasteiger partial charge in [-0.1, -0.05) is 13.8 Å². The molecule has 0 unspecified atom stereocenters. The maximum atomic E-state index is 4.35. The minimum Gasteiger partial charge on any atom is -0.305 e. The fourth-order valence-corrected chi connectivity index (χ4v) is 1.57. The van der Waals surface area contributed by atoms with Crippen molar-refractivity contribution in [2.75, 3.05) is 0 Å². The van der Waals surface area contributed by atoms with Crippen molar-refractivity contribution < 1.29 is 0 Å². The Kier molecular flexibility index (Phi) is 1.83. The maximum absolute atomic E-state index is 4.35. The summed E-state index contributed by atoms with van der Waals surface area (Å²) in [6.45, 7) is 6.46. The van der Waals surface area contributed by atoms with E-state index in [4.69, 9.17) is 0 Å². The Morgan fingerprint density at radius 3 is 2.77 bits per heavy atom. The van der Waals surface area contributed by atoms with Gasteiger partial charge in [-0.3, -0.25) is 0 Å². The molecular weight excluding hydrogens is 160 g/mol. The van der Waals surface area contributed by atoms with Crippen molar-refractivity contribution >= 4 is 5.65 Å². The first-order valence-corrected chi connectivity index (χ1v) is 4.62. The second kappa shape index (κ2) is 2.87. The van der Waals surface area contributed by atoms with Crippen LogP contribution < -0.4 is 0 Å². The number of nitrogens with zero attached hydrogens (tertiary/aromatic N) is 2. The smallest absolute Gasteiger partial charge is 0.136 e. The minimum absolute atomic E-state index is 0.547. The van der Waals surface area contributed by atoms with Gasteiger partial charge >= 0.3 is 0 Å². The van der Waals surface area contributed by atoms with Gasteiger partial charge < -0.3 is 4.40 Å². The van der Waals surface area contributed by atoms with Crippen LogP contribution >= 0.6 is 0 Å². The molecule has 0 spiro atoms. The Labute approximate surface area is 78.2 Å². The third-order valence-electron chi connectivity index (χ3n) is 2.25. The predicted octanol–water partition coefficient (Wildman–Crippen LogP) is 2.77. The summed E-state index contributed by atoms with van der Waals surface area (Å²) >= 11 is 0. The van der Waals surface area contributed by atoms with Crippen LogP contribution in [0.15, 0.2) is 24.5 Å². The fourth-order valence-electron chi connectivity index (χ4n) is 1.57. The first-order valence-electron chi connectivity index (χ1n) is 4.62. The molecule has 0 atom stereocenters. The zero-order chi connectivity index (χ0) is 9.42. The highest BCUT2D eigenvalue weighted by Crippen LogP contribution is 2.17. The van der Waals surface area contributed by atoms with Crippen molar-refractivity contribution in [3.63, 3.8) is 0 Å². The summed E-state index contributed by atoms with van der Waals surface area (Å²) in [6, 6.07) is 4.21. The zero-order valence-electron chi connectivity index (χ0n) is 8.28. The molecule has 0 aliphatic heterocycles. The fraction of sp³-hybridized carbons (Fsp3) is 0.364. The molecule has 0 N–H and O–H groups in total. The molecule has 2 aromatic heterocycles. The van der Waals surface area contributed by atoms with E-state index < -0.39 is 0 Å². The number of aromatic nitrogens is 2. The van der Waals surface area contributed by atoms with Crippen LogP contribution in [0.3, 0.4) is 0 Å². The van der Waals surface area contributed by atoms with Crippen molar-refractivity contribution in [3.8, 4) is 0 Å². The van der Waals surface area contributed by atoms with Gasteiger partial charge in [0.1, 0.15) is 5.65 Å². The Bertz CT molecular complexity index is 427. The summed E-state index contributed by atoms with van der Waals surface area (Å²) in [5.74, 6) is 0.547. The van der Waals surface area contributed by atoms with Gasteiger partial charge in [0.2, 0.25) is 0 Å². The van der Waals surface area contributed by atoms with Crippen molar-refractivity contribution in [3.05, 3.63) is 35.8 Å². The lowest BCUT2D eigenvalue weighted by Crippen LogP contribution is -1.96. The monoisotopic (exact) mass is 174 g/mol. The van der Waals surface area contributed by atoms with Crippen LogP contribution in [0.25, 0.3) is 5.65 Å². The predicted molar refractivity (Wildman–Crippen MR) is 54.0 cm³/mol. The quantitative estimate of drug-likeness (QED) is 0.649. The molecule has 13 heavy (non-hydrogen) atoms. The normalized spacial score (nSPS) is 11.4. The molecule has 2 aromatic rings. The standard InChI is InChI=1S/C11H14N2/c1-8(2)10-4-5-11-12-6-9(3)7-13(10)11/h4-8H,1-3H3. The zero-order valence-corrected chi connectivity index (χ0v) is 8.28. The second-order valence-electron chi connectivity index (χ2n) is 3.77. The van der Waals surface area contributed by atoms with Crippen molar-refractivity contribution in [2.45, 2.75) is 26.7 Å². The molecule has 2 heteroatoms. The van der Waals surface area contributed by atoms with Crippen molar-refractivity contribution in [2.24, 2.45) is 0 Å². The van der Waals surface area contributed by atoms with Gasteiger partial charge in [0.15, 0.2) is 0 Å². The molecule has 0 aliphatic rings. The van der Waals surface area contributed by atoms with Gasteiger partial charge in [-0.15, -0.1) is 0 Å². The molecule has 68 valence electrons. The molecule has 0 aromatic carbocycles. The number of hydrogen-bond donors (Lipinski definition) is 0. The summed E-state index contributed by atoms with van der Waals surface area (Å²) in [7, 11) is 0. The van der Waals surface area contributed by atoms with Gasteiger partial charge in [-0.2, -0.15) is 0 Å². The second-order valence-corrected chi connectivity index (χ2v) is 3.77. The lowest BCUT2D eigenvalue weighted by atomic mass is 10.1. The van der Waals surface area contributed by atoms with E-state index in [0.717, 1.165) is 5.65 Å². The summed E-state index contributed by atoms with van der Waals surface area (Å²) < 4.78 is 2.17. The highest BCUT2D eigenvalue weighted by atomic mass is 15.0.